The van der Waals surface area contributed by atoms with E-state index in [0.717, 1.165) is 67.5 Å². The lowest BCUT2D eigenvalue weighted by Gasteiger charge is -2.37. The third kappa shape index (κ3) is 5.48. The number of anilines is 1. The van der Waals surface area contributed by atoms with Gasteiger partial charge in [-0.25, -0.2) is 0 Å². The second-order valence-corrected chi connectivity index (χ2v) is 10.9. The van der Waals surface area contributed by atoms with Crippen molar-refractivity contribution >= 4 is 11.6 Å². The Labute approximate surface area is 237 Å². The highest BCUT2D eigenvalue weighted by molar-refractivity contribution is 6.00. The maximum absolute atomic E-state index is 13.9. The second kappa shape index (κ2) is 11.8. The molecule has 1 atom stereocenters. The van der Waals surface area contributed by atoms with Crippen LogP contribution in [0.25, 0.3) is 0 Å². The van der Waals surface area contributed by atoms with Crippen molar-refractivity contribution < 1.29 is 19.0 Å². The van der Waals surface area contributed by atoms with Gasteiger partial charge in [0.15, 0.2) is 11.5 Å². The van der Waals surface area contributed by atoms with Crippen LogP contribution in [-0.2, 0) is 6.54 Å². The van der Waals surface area contributed by atoms with Crippen LogP contribution in [0.2, 0.25) is 0 Å². The van der Waals surface area contributed by atoms with Crippen LogP contribution in [0.4, 0.5) is 5.69 Å². The Morgan fingerprint density at radius 3 is 2.38 bits per heavy atom. The maximum atomic E-state index is 13.9. The van der Waals surface area contributed by atoms with Crippen LogP contribution < -0.4 is 19.1 Å². The number of benzene rings is 3. The van der Waals surface area contributed by atoms with Gasteiger partial charge in [0.1, 0.15) is 5.75 Å². The highest BCUT2D eigenvalue weighted by Gasteiger charge is 2.37. The lowest BCUT2D eigenvalue weighted by atomic mass is 9.99. The normalized spacial score (nSPS) is 18.0. The lowest BCUT2D eigenvalue weighted by molar-refractivity contribution is 0.0684. The van der Waals surface area contributed by atoms with Crippen LogP contribution in [0.5, 0.6) is 17.2 Å². The van der Waals surface area contributed by atoms with E-state index in [1.54, 1.807) is 14.2 Å². The molecule has 0 aromatic heterocycles. The van der Waals surface area contributed by atoms with Crippen molar-refractivity contribution in [2.45, 2.75) is 44.3 Å². The van der Waals surface area contributed by atoms with Gasteiger partial charge in [-0.2, -0.15) is 0 Å². The number of amides is 1. The molecule has 3 aromatic carbocycles. The van der Waals surface area contributed by atoms with Crippen molar-refractivity contribution in [1.82, 2.24) is 9.80 Å². The summed E-state index contributed by atoms with van der Waals surface area (Å²) in [4.78, 5) is 21.1. The lowest BCUT2D eigenvalue weighted by Crippen LogP contribution is -2.47. The molecule has 1 aliphatic carbocycles. The molecular formula is C33H39N3O4. The molecule has 3 aromatic rings. The fourth-order valence-electron chi connectivity index (χ4n) is 6.20. The molecule has 3 aliphatic rings. The second-order valence-electron chi connectivity index (χ2n) is 10.9. The predicted octanol–water partition coefficient (Wildman–Crippen LogP) is 5.54. The fourth-order valence-corrected chi connectivity index (χ4v) is 6.20. The van der Waals surface area contributed by atoms with Crippen LogP contribution in [0.15, 0.2) is 66.7 Å². The van der Waals surface area contributed by atoms with E-state index in [2.05, 4.69) is 21.9 Å². The molecular weight excluding hydrogens is 502 g/mol. The molecule has 40 heavy (non-hydrogen) atoms. The molecule has 0 radical (unpaired) electrons. The third-order valence-corrected chi connectivity index (χ3v) is 8.49. The molecule has 0 N–H and O–H groups in total. The van der Waals surface area contributed by atoms with Crippen molar-refractivity contribution in [3.63, 3.8) is 0 Å². The van der Waals surface area contributed by atoms with E-state index < -0.39 is 0 Å². The zero-order valence-electron chi connectivity index (χ0n) is 23.6. The summed E-state index contributed by atoms with van der Waals surface area (Å²) in [7, 11) is 3.29. The van der Waals surface area contributed by atoms with Gasteiger partial charge in [0.25, 0.3) is 5.91 Å². The zero-order valence-corrected chi connectivity index (χ0v) is 23.6. The molecule has 2 fully saturated rings. The average Bonchev–Trinajstić information content (AvgIpc) is 3.81. The topological polar surface area (TPSA) is 54.5 Å². The Hall–Kier alpha value is -3.71. The van der Waals surface area contributed by atoms with E-state index in [1.165, 1.54) is 18.5 Å². The minimum absolute atomic E-state index is 0.0947. The monoisotopic (exact) mass is 541 g/mol. The van der Waals surface area contributed by atoms with E-state index in [1.807, 2.05) is 59.5 Å². The molecule has 2 heterocycles. The first-order valence-electron chi connectivity index (χ1n) is 14.5. The number of carbonyl (C=O) groups excluding carboxylic acids is 1. The summed E-state index contributed by atoms with van der Waals surface area (Å²) in [5.41, 5.74) is 4.23. The number of piperazine rings is 1. The van der Waals surface area contributed by atoms with E-state index in [0.29, 0.717) is 24.7 Å². The Morgan fingerprint density at radius 2 is 1.65 bits per heavy atom. The first kappa shape index (κ1) is 26.5. The number of ether oxygens (including phenoxy) is 3. The first-order valence-corrected chi connectivity index (χ1v) is 14.5. The Bertz CT molecular complexity index is 1320. The number of methoxy groups -OCH3 is 2. The van der Waals surface area contributed by atoms with Crippen molar-refractivity contribution in [2.24, 2.45) is 0 Å². The molecule has 0 bridgehead atoms. The number of nitrogens with zero attached hydrogens (tertiary/aromatic N) is 3. The molecule has 210 valence electrons. The van der Waals surface area contributed by atoms with Crippen molar-refractivity contribution in [1.29, 1.82) is 0 Å². The van der Waals surface area contributed by atoms with Crippen LogP contribution >= 0.6 is 0 Å². The minimum atomic E-state index is -0.112. The summed E-state index contributed by atoms with van der Waals surface area (Å²) >= 11 is 0. The standard InChI is InChI=1S/C33H39N3O4/c1-38-31-16-13-24(22-32(31)39-2)29(12-7-21-40-26-8-4-3-5-9-26)36-23-28-27(33(36)37)10-6-11-30(28)35-19-17-34(18-20-35)25-14-15-25/h3-6,8-11,13,16,22,25,29H,7,12,14-15,17-21,23H2,1-2H3/t29-/m1/s1. The predicted molar refractivity (Wildman–Crippen MR) is 157 cm³/mol. The van der Waals surface area contributed by atoms with Gasteiger partial charge < -0.3 is 24.0 Å². The van der Waals surface area contributed by atoms with Gasteiger partial charge in [-0.15, -0.1) is 0 Å². The zero-order chi connectivity index (χ0) is 27.5. The summed E-state index contributed by atoms with van der Waals surface area (Å²) in [6.07, 6.45) is 4.28. The maximum Gasteiger partial charge on any atom is 0.255 e. The van der Waals surface area contributed by atoms with Gasteiger partial charge in [0.05, 0.1) is 26.9 Å². The molecule has 6 rings (SSSR count). The van der Waals surface area contributed by atoms with Gasteiger partial charge >= 0.3 is 0 Å². The number of fused-ring (bicyclic) bond motifs is 1. The Kier molecular flexibility index (Phi) is 7.82. The van der Waals surface area contributed by atoms with E-state index in [4.69, 9.17) is 14.2 Å². The number of rotatable bonds is 11. The van der Waals surface area contributed by atoms with E-state index in [-0.39, 0.29) is 11.9 Å². The molecule has 0 spiro atoms. The number of para-hydroxylation sites is 1. The quantitative estimate of drug-likeness (QED) is 0.297. The summed E-state index contributed by atoms with van der Waals surface area (Å²) in [5, 5.41) is 0. The van der Waals surface area contributed by atoms with E-state index in [9.17, 15) is 4.79 Å². The van der Waals surface area contributed by atoms with Crippen molar-refractivity contribution in [2.75, 3.05) is 51.9 Å². The Morgan fingerprint density at radius 1 is 0.875 bits per heavy atom. The summed E-state index contributed by atoms with van der Waals surface area (Å²) in [6.45, 7) is 5.41. The van der Waals surface area contributed by atoms with Crippen molar-refractivity contribution in [3.8, 4) is 17.2 Å². The molecule has 1 saturated carbocycles. The van der Waals surface area contributed by atoms with Crippen LogP contribution in [-0.4, -0.2) is 68.8 Å². The highest BCUT2D eigenvalue weighted by Crippen LogP contribution is 2.41. The smallest absolute Gasteiger partial charge is 0.255 e. The summed E-state index contributed by atoms with van der Waals surface area (Å²) in [5.74, 6) is 2.31. The van der Waals surface area contributed by atoms with Crippen LogP contribution in [0, 0.1) is 0 Å². The molecule has 1 saturated heterocycles. The molecule has 7 heteroatoms. The number of hydrogen-bond donors (Lipinski definition) is 0. The van der Waals surface area contributed by atoms with Gasteiger partial charge in [-0.3, -0.25) is 9.69 Å². The minimum Gasteiger partial charge on any atom is -0.494 e. The SMILES string of the molecule is COc1ccc([C@@H](CCCOc2ccccc2)N2Cc3c(cccc3N3CCN(C4CC4)CC3)C2=O)cc1OC. The largest absolute Gasteiger partial charge is 0.494 e. The van der Waals surface area contributed by atoms with Gasteiger partial charge in [0.2, 0.25) is 0 Å². The molecule has 7 nitrogen and oxygen atoms in total. The number of carbonyl (C=O) groups is 1. The average molecular weight is 542 g/mol. The summed E-state index contributed by atoms with van der Waals surface area (Å²) < 4.78 is 17.1. The van der Waals surface area contributed by atoms with Crippen LogP contribution in [0.3, 0.4) is 0 Å². The van der Waals surface area contributed by atoms with Gasteiger partial charge in [-0.05, 0) is 67.6 Å². The van der Waals surface area contributed by atoms with Gasteiger partial charge in [0, 0.05) is 55.6 Å². The van der Waals surface area contributed by atoms with E-state index >= 15 is 0 Å². The van der Waals surface area contributed by atoms with Gasteiger partial charge in [-0.1, -0.05) is 30.3 Å². The Balaban J connectivity index is 1.23. The first-order chi connectivity index (χ1) is 19.7. The van der Waals surface area contributed by atoms with Crippen LogP contribution in [0.1, 0.15) is 53.2 Å². The third-order valence-electron chi connectivity index (χ3n) is 8.49. The summed E-state index contributed by atoms with van der Waals surface area (Å²) in [6, 6.07) is 22.8. The van der Waals surface area contributed by atoms with Crippen molar-refractivity contribution in [3.05, 3.63) is 83.4 Å². The molecule has 0 unspecified atom stereocenters. The number of hydrogen-bond acceptors (Lipinski definition) is 6. The highest BCUT2D eigenvalue weighted by atomic mass is 16.5. The fraction of sp³-hybridized carbons (Fsp3) is 0.424. The molecule has 1 amide bonds. The molecule has 2 aliphatic heterocycles.